The summed E-state index contributed by atoms with van der Waals surface area (Å²) in [6.07, 6.45) is 0. The first-order valence-electron chi connectivity index (χ1n) is 5.15. The van der Waals surface area contributed by atoms with Crippen molar-refractivity contribution in [1.82, 2.24) is 20.2 Å². The third kappa shape index (κ3) is 3.45. The monoisotopic (exact) mass is 381 g/mol. The maximum absolute atomic E-state index is 11.5. The van der Waals surface area contributed by atoms with Crippen LogP contribution in [0.5, 0.6) is 5.75 Å². The second kappa shape index (κ2) is 5.64. The standard InChI is InChI=1S/C9H9BrClN5O3S/c1-16-14-8(13-15-16)4-19-9-6(11)2-5(10)3-7(9)20(12,17)18/h2-3H,4H2,1H3,(H2,12,17,18). The van der Waals surface area contributed by atoms with Gasteiger partial charge >= 0.3 is 0 Å². The molecule has 0 saturated heterocycles. The van der Waals surface area contributed by atoms with Crippen molar-refractivity contribution < 1.29 is 13.2 Å². The SMILES string of the molecule is Cn1nnc(COc2c(Cl)cc(Br)cc2S(N)(=O)=O)n1. The molecule has 2 rings (SSSR count). The number of primary sulfonamides is 1. The quantitative estimate of drug-likeness (QED) is 0.839. The fourth-order valence-corrected chi connectivity index (χ4v) is 3.20. The van der Waals surface area contributed by atoms with Gasteiger partial charge in [0.25, 0.3) is 0 Å². The molecule has 0 amide bonds. The second-order valence-corrected chi connectivity index (χ2v) is 6.60. The Balaban J connectivity index is 2.35. The summed E-state index contributed by atoms with van der Waals surface area (Å²) < 4.78 is 28.9. The Morgan fingerprint density at radius 3 is 2.75 bits per heavy atom. The summed E-state index contributed by atoms with van der Waals surface area (Å²) in [5.41, 5.74) is 0. The van der Waals surface area contributed by atoms with E-state index in [-0.39, 0.29) is 28.1 Å². The first-order valence-corrected chi connectivity index (χ1v) is 7.86. The van der Waals surface area contributed by atoms with Crippen molar-refractivity contribution in [2.24, 2.45) is 12.2 Å². The normalized spacial score (nSPS) is 11.6. The van der Waals surface area contributed by atoms with E-state index in [9.17, 15) is 8.42 Å². The summed E-state index contributed by atoms with van der Waals surface area (Å²) in [6, 6.07) is 2.80. The van der Waals surface area contributed by atoms with E-state index in [0.29, 0.717) is 4.47 Å². The Labute approximate surface area is 128 Å². The molecule has 0 bridgehead atoms. The van der Waals surface area contributed by atoms with Gasteiger partial charge in [-0.1, -0.05) is 27.5 Å². The van der Waals surface area contributed by atoms with E-state index in [1.165, 1.54) is 16.9 Å². The molecular formula is C9H9BrClN5O3S. The molecule has 0 aliphatic heterocycles. The Bertz CT molecular complexity index is 748. The van der Waals surface area contributed by atoms with Crippen LogP contribution in [0, 0.1) is 0 Å². The highest BCUT2D eigenvalue weighted by Gasteiger charge is 2.20. The topological polar surface area (TPSA) is 113 Å². The Morgan fingerprint density at radius 1 is 1.50 bits per heavy atom. The van der Waals surface area contributed by atoms with Crippen molar-refractivity contribution in [2.75, 3.05) is 0 Å². The van der Waals surface area contributed by atoms with E-state index in [1.807, 2.05) is 0 Å². The molecule has 0 aliphatic carbocycles. The highest BCUT2D eigenvalue weighted by atomic mass is 79.9. The van der Waals surface area contributed by atoms with Crippen LogP contribution in [0.2, 0.25) is 5.02 Å². The van der Waals surface area contributed by atoms with Gasteiger partial charge in [-0.15, -0.1) is 10.2 Å². The van der Waals surface area contributed by atoms with Crippen molar-refractivity contribution in [2.45, 2.75) is 11.5 Å². The Morgan fingerprint density at radius 2 is 2.20 bits per heavy atom. The lowest BCUT2D eigenvalue weighted by atomic mass is 10.3. The third-order valence-electron chi connectivity index (χ3n) is 2.18. The minimum atomic E-state index is -3.98. The summed E-state index contributed by atoms with van der Waals surface area (Å²) >= 11 is 9.12. The third-order valence-corrected chi connectivity index (χ3v) is 3.83. The number of halogens is 2. The number of rotatable bonds is 4. The van der Waals surface area contributed by atoms with Gasteiger partial charge in [0, 0.05) is 4.47 Å². The van der Waals surface area contributed by atoms with Crippen LogP contribution < -0.4 is 9.88 Å². The van der Waals surface area contributed by atoms with Crippen LogP contribution in [0.3, 0.4) is 0 Å². The van der Waals surface area contributed by atoms with Crippen LogP contribution in [0.25, 0.3) is 0 Å². The molecule has 20 heavy (non-hydrogen) atoms. The molecule has 8 nitrogen and oxygen atoms in total. The van der Waals surface area contributed by atoms with Gasteiger partial charge in [-0.3, -0.25) is 0 Å². The average molecular weight is 383 g/mol. The number of ether oxygens (including phenoxy) is 1. The predicted octanol–water partition coefficient (Wildman–Crippen LogP) is 0.852. The van der Waals surface area contributed by atoms with Gasteiger partial charge in [-0.2, -0.15) is 4.80 Å². The van der Waals surface area contributed by atoms with Gasteiger partial charge in [-0.05, 0) is 17.3 Å². The summed E-state index contributed by atoms with van der Waals surface area (Å²) in [7, 11) is -2.38. The largest absolute Gasteiger partial charge is 0.482 e. The number of hydrogen-bond donors (Lipinski definition) is 1. The highest BCUT2D eigenvalue weighted by molar-refractivity contribution is 9.10. The maximum Gasteiger partial charge on any atom is 0.241 e. The van der Waals surface area contributed by atoms with Crippen molar-refractivity contribution in [3.63, 3.8) is 0 Å². The summed E-state index contributed by atoms with van der Waals surface area (Å²) in [4.78, 5) is 1.03. The van der Waals surface area contributed by atoms with Gasteiger partial charge in [-0.25, -0.2) is 13.6 Å². The minimum Gasteiger partial charge on any atom is -0.482 e. The second-order valence-electron chi connectivity index (χ2n) is 3.74. The molecule has 2 aromatic rings. The van der Waals surface area contributed by atoms with E-state index in [2.05, 4.69) is 31.3 Å². The molecule has 1 heterocycles. The lowest BCUT2D eigenvalue weighted by molar-refractivity contribution is 0.287. The van der Waals surface area contributed by atoms with Crippen molar-refractivity contribution >= 4 is 37.6 Å². The van der Waals surface area contributed by atoms with Gasteiger partial charge in [0.1, 0.15) is 4.90 Å². The number of nitrogens with two attached hydrogens (primary N) is 1. The van der Waals surface area contributed by atoms with Gasteiger partial charge in [0.05, 0.1) is 12.1 Å². The number of sulfonamides is 1. The zero-order valence-electron chi connectivity index (χ0n) is 10.1. The summed E-state index contributed by atoms with van der Waals surface area (Å²) in [5.74, 6) is 0.233. The fourth-order valence-electron chi connectivity index (χ4n) is 1.41. The molecule has 108 valence electrons. The zero-order valence-corrected chi connectivity index (χ0v) is 13.3. The summed E-state index contributed by atoms with van der Waals surface area (Å²) in [6.45, 7) is -0.0856. The van der Waals surface area contributed by atoms with E-state index in [4.69, 9.17) is 21.5 Å². The molecule has 0 unspecified atom stereocenters. The van der Waals surface area contributed by atoms with Crippen LogP contribution in [0.15, 0.2) is 21.5 Å². The van der Waals surface area contributed by atoms with Crippen LogP contribution in [0.1, 0.15) is 5.82 Å². The molecule has 2 N–H and O–H groups in total. The average Bonchev–Trinajstić information content (AvgIpc) is 2.72. The lowest BCUT2D eigenvalue weighted by Crippen LogP contribution is -2.14. The van der Waals surface area contributed by atoms with Crippen molar-refractivity contribution in [3.8, 4) is 5.75 Å². The zero-order chi connectivity index (χ0) is 14.9. The Kier molecular flexibility index (Phi) is 4.28. The molecule has 0 spiro atoms. The molecule has 11 heteroatoms. The predicted molar refractivity (Wildman–Crippen MR) is 73.7 cm³/mol. The lowest BCUT2D eigenvalue weighted by Gasteiger charge is -2.11. The van der Waals surface area contributed by atoms with Gasteiger partial charge < -0.3 is 4.74 Å². The number of aromatic nitrogens is 4. The van der Waals surface area contributed by atoms with Crippen LogP contribution >= 0.6 is 27.5 Å². The molecule has 0 fully saturated rings. The molecule has 1 aromatic carbocycles. The molecule has 0 aliphatic rings. The van der Waals surface area contributed by atoms with Crippen molar-refractivity contribution in [1.29, 1.82) is 0 Å². The molecule has 0 saturated carbocycles. The minimum absolute atomic E-state index is 0.0511. The Hall–Kier alpha value is -1.23. The highest BCUT2D eigenvalue weighted by Crippen LogP contribution is 2.35. The smallest absolute Gasteiger partial charge is 0.241 e. The first kappa shape index (κ1) is 15.2. The molecule has 0 radical (unpaired) electrons. The number of hydrogen-bond acceptors (Lipinski definition) is 6. The van der Waals surface area contributed by atoms with E-state index in [0.717, 1.165) is 0 Å². The van der Waals surface area contributed by atoms with E-state index < -0.39 is 10.0 Å². The fraction of sp³-hybridized carbons (Fsp3) is 0.222. The van der Waals surface area contributed by atoms with Crippen LogP contribution in [-0.4, -0.2) is 28.6 Å². The molecule has 0 atom stereocenters. The molecule has 1 aromatic heterocycles. The van der Waals surface area contributed by atoms with Gasteiger partial charge in [0.15, 0.2) is 12.4 Å². The maximum atomic E-state index is 11.5. The number of benzene rings is 1. The van der Waals surface area contributed by atoms with Crippen LogP contribution in [-0.2, 0) is 23.7 Å². The van der Waals surface area contributed by atoms with Crippen LogP contribution in [0.4, 0.5) is 0 Å². The van der Waals surface area contributed by atoms with Crippen molar-refractivity contribution in [3.05, 3.63) is 27.5 Å². The number of aryl methyl sites for hydroxylation is 1. The van der Waals surface area contributed by atoms with Gasteiger partial charge in [0.2, 0.25) is 15.8 Å². The molecular weight excluding hydrogens is 374 g/mol. The van der Waals surface area contributed by atoms with E-state index in [1.54, 1.807) is 7.05 Å². The first-order chi connectivity index (χ1) is 9.27. The number of tetrazole rings is 1. The van der Waals surface area contributed by atoms with E-state index >= 15 is 0 Å². The number of nitrogens with zero attached hydrogens (tertiary/aromatic N) is 4. The summed E-state index contributed by atoms with van der Waals surface area (Å²) in [5, 5.41) is 16.5.